The molecule has 2 unspecified atom stereocenters. The fourth-order valence-electron chi connectivity index (χ4n) is 4.47. The summed E-state index contributed by atoms with van der Waals surface area (Å²) in [5, 5.41) is 15.9. The van der Waals surface area contributed by atoms with Crippen molar-refractivity contribution in [2.75, 3.05) is 26.2 Å². The van der Waals surface area contributed by atoms with Crippen LogP contribution in [0, 0.1) is 0 Å². The summed E-state index contributed by atoms with van der Waals surface area (Å²) in [7, 11) is 0. The van der Waals surface area contributed by atoms with Gasteiger partial charge < -0.3 is 15.7 Å². The lowest BCUT2D eigenvalue weighted by atomic mass is 9.79. The van der Waals surface area contributed by atoms with Gasteiger partial charge >= 0.3 is 0 Å². The maximum Gasteiger partial charge on any atom is 0.237 e. The van der Waals surface area contributed by atoms with Crippen LogP contribution in [0.4, 0.5) is 0 Å². The number of amides is 1. The van der Waals surface area contributed by atoms with Crippen LogP contribution < -0.4 is 10.6 Å². The predicted molar refractivity (Wildman–Crippen MR) is 93.9 cm³/mol. The van der Waals surface area contributed by atoms with Crippen molar-refractivity contribution >= 4 is 18.3 Å². The summed E-state index contributed by atoms with van der Waals surface area (Å²) < 4.78 is 0. The molecule has 3 N–H and O–H groups in total. The van der Waals surface area contributed by atoms with Gasteiger partial charge in [0.1, 0.15) is 0 Å². The maximum absolute atomic E-state index is 12.4. The van der Waals surface area contributed by atoms with E-state index < -0.39 is 0 Å². The van der Waals surface area contributed by atoms with Gasteiger partial charge in [-0.3, -0.25) is 9.69 Å². The minimum absolute atomic E-state index is 0. The van der Waals surface area contributed by atoms with E-state index in [1.807, 2.05) is 0 Å². The Hall–Kier alpha value is -0.360. The van der Waals surface area contributed by atoms with Crippen molar-refractivity contribution in [2.45, 2.75) is 75.5 Å². The minimum atomic E-state index is -0.374. The first-order chi connectivity index (χ1) is 10.7. The van der Waals surface area contributed by atoms with E-state index in [4.69, 9.17) is 0 Å². The highest BCUT2D eigenvalue weighted by Crippen LogP contribution is 2.35. The van der Waals surface area contributed by atoms with Crippen LogP contribution in [0.2, 0.25) is 0 Å². The van der Waals surface area contributed by atoms with Gasteiger partial charge in [0.15, 0.2) is 0 Å². The molecule has 5 nitrogen and oxygen atoms in total. The molecule has 3 aliphatic rings. The quantitative estimate of drug-likeness (QED) is 0.721. The maximum atomic E-state index is 12.4. The summed E-state index contributed by atoms with van der Waals surface area (Å²) in [6, 6.07) is -0.211. The van der Waals surface area contributed by atoms with Gasteiger partial charge in [-0.15, -0.1) is 12.4 Å². The van der Waals surface area contributed by atoms with Crippen LogP contribution in [0.15, 0.2) is 0 Å². The monoisotopic (exact) mass is 345 g/mol. The molecular weight excluding hydrogens is 314 g/mol. The Morgan fingerprint density at radius 2 is 1.78 bits per heavy atom. The average Bonchev–Trinajstić information content (AvgIpc) is 3.01. The summed E-state index contributed by atoms with van der Waals surface area (Å²) in [5.74, 6) is 0.0681. The fourth-order valence-corrected chi connectivity index (χ4v) is 4.47. The van der Waals surface area contributed by atoms with Crippen LogP contribution in [0.1, 0.15) is 57.8 Å². The van der Waals surface area contributed by atoms with Crippen molar-refractivity contribution < 1.29 is 9.90 Å². The van der Waals surface area contributed by atoms with Crippen molar-refractivity contribution in [1.29, 1.82) is 0 Å². The van der Waals surface area contributed by atoms with E-state index in [2.05, 4.69) is 15.5 Å². The summed E-state index contributed by atoms with van der Waals surface area (Å²) in [5.41, 5.74) is 0.186. The van der Waals surface area contributed by atoms with Crippen LogP contribution in [-0.4, -0.2) is 59.8 Å². The number of piperidine rings is 1. The van der Waals surface area contributed by atoms with Gasteiger partial charge in [0.25, 0.3) is 0 Å². The van der Waals surface area contributed by atoms with E-state index in [9.17, 15) is 9.90 Å². The van der Waals surface area contributed by atoms with E-state index in [-0.39, 0.29) is 36.0 Å². The van der Waals surface area contributed by atoms with Crippen LogP contribution in [0.5, 0.6) is 0 Å². The average molecular weight is 346 g/mol. The first kappa shape index (κ1) is 19.0. The fraction of sp³-hybridized carbons (Fsp3) is 0.941. The molecule has 0 aromatic rings. The van der Waals surface area contributed by atoms with Gasteiger partial charge in [-0.2, -0.15) is 0 Å². The molecule has 2 heterocycles. The lowest BCUT2D eigenvalue weighted by Gasteiger charge is -2.48. The van der Waals surface area contributed by atoms with E-state index in [0.717, 1.165) is 6.54 Å². The highest BCUT2D eigenvalue weighted by Gasteiger charge is 2.39. The number of hydrogen-bond acceptors (Lipinski definition) is 4. The number of carbonyl (C=O) groups is 1. The van der Waals surface area contributed by atoms with Gasteiger partial charge in [-0.25, -0.2) is 0 Å². The molecular formula is C17H32ClN3O2. The number of nitrogens with one attached hydrogen (secondary N) is 2. The first-order valence-electron chi connectivity index (χ1n) is 9.14. The number of aliphatic hydroxyl groups is 1. The highest BCUT2D eigenvalue weighted by atomic mass is 35.5. The number of likely N-dealkylation sites (tertiary alicyclic amines) is 1. The van der Waals surface area contributed by atoms with Crippen molar-refractivity contribution in [3.63, 3.8) is 0 Å². The Morgan fingerprint density at radius 3 is 2.39 bits per heavy atom. The molecule has 0 aromatic carbocycles. The summed E-state index contributed by atoms with van der Waals surface area (Å²) in [6.45, 7) is 3.70. The molecule has 2 saturated heterocycles. The summed E-state index contributed by atoms with van der Waals surface area (Å²) >= 11 is 0. The molecule has 3 rings (SSSR count). The van der Waals surface area contributed by atoms with E-state index >= 15 is 0 Å². The summed E-state index contributed by atoms with van der Waals surface area (Å²) in [4.78, 5) is 15.0. The molecule has 2 atom stereocenters. The Morgan fingerprint density at radius 1 is 1.13 bits per heavy atom. The minimum Gasteiger partial charge on any atom is -0.392 e. The Bertz CT molecular complexity index is 382. The number of carbonyl (C=O) groups excluding carboxylic acids is 1. The molecule has 2 aliphatic heterocycles. The van der Waals surface area contributed by atoms with E-state index in [1.165, 1.54) is 64.5 Å². The second-order valence-electron chi connectivity index (χ2n) is 7.40. The molecule has 0 bridgehead atoms. The molecule has 134 valence electrons. The van der Waals surface area contributed by atoms with Gasteiger partial charge in [-0.05, 0) is 45.2 Å². The molecule has 3 fully saturated rings. The smallest absolute Gasteiger partial charge is 0.237 e. The largest absolute Gasteiger partial charge is 0.392 e. The molecule has 1 saturated carbocycles. The van der Waals surface area contributed by atoms with E-state index in [1.54, 1.807) is 0 Å². The van der Waals surface area contributed by atoms with Crippen LogP contribution in [0.25, 0.3) is 0 Å². The molecule has 23 heavy (non-hydrogen) atoms. The van der Waals surface area contributed by atoms with Gasteiger partial charge in [0, 0.05) is 18.6 Å². The number of nitrogens with zero attached hydrogens (tertiary/aromatic N) is 1. The third kappa shape index (κ3) is 4.59. The van der Waals surface area contributed by atoms with Crippen LogP contribution in [0.3, 0.4) is 0 Å². The standard InChI is InChI=1S/C17H31N3O2.ClH/c21-14-11-15(18-12-14)16(22)19-13-17(7-3-1-4-8-17)20-9-5-2-6-10-20;/h14-15,18,21H,1-13H2,(H,19,22);1H. The molecule has 6 heteroatoms. The molecule has 1 amide bonds. The third-order valence-electron chi connectivity index (χ3n) is 5.83. The molecule has 0 radical (unpaired) electrons. The predicted octanol–water partition coefficient (Wildman–Crippen LogP) is 1.44. The van der Waals surface area contributed by atoms with Crippen molar-refractivity contribution in [3.8, 4) is 0 Å². The number of hydrogen-bond donors (Lipinski definition) is 3. The zero-order valence-electron chi connectivity index (χ0n) is 14.1. The topological polar surface area (TPSA) is 64.6 Å². The lowest BCUT2D eigenvalue weighted by Crippen LogP contribution is -2.59. The molecule has 0 aromatic heterocycles. The second kappa shape index (κ2) is 8.65. The van der Waals surface area contributed by atoms with Crippen LogP contribution in [-0.2, 0) is 4.79 Å². The Kier molecular flexibility index (Phi) is 7.14. The zero-order chi connectivity index (χ0) is 15.4. The number of rotatable bonds is 4. The van der Waals surface area contributed by atoms with E-state index in [0.29, 0.717) is 13.0 Å². The number of aliphatic hydroxyl groups excluding tert-OH is 1. The Balaban J connectivity index is 0.00000192. The second-order valence-corrected chi connectivity index (χ2v) is 7.40. The highest BCUT2D eigenvalue weighted by molar-refractivity contribution is 5.85. The normalized spacial score (nSPS) is 31.3. The van der Waals surface area contributed by atoms with Gasteiger partial charge in [-0.1, -0.05) is 25.7 Å². The first-order valence-corrected chi connectivity index (χ1v) is 9.14. The third-order valence-corrected chi connectivity index (χ3v) is 5.83. The number of halogens is 1. The summed E-state index contributed by atoms with van der Waals surface area (Å²) in [6.07, 6.45) is 10.5. The zero-order valence-corrected chi connectivity index (χ0v) is 14.9. The van der Waals surface area contributed by atoms with Crippen molar-refractivity contribution in [3.05, 3.63) is 0 Å². The van der Waals surface area contributed by atoms with Crippen molar-refractivity contribution in [2.24, 2.45) is 0 Å². The van der Waals surface area contributed by atoms with Crippen LogP contribution >= 0.6 is 12.4 Å². The van der Waals surface area contributed by atoms with Crippen molar-refractivity contribution in [1.82, 2.24) is 15.5 Å². The molecule has 0 spiro atoms. The van der Waals surface area contributed by atoms with Gasteiger partial charge in [0.05, 0.1) is 12.1 Å². The molecule has 1 aliphatic carbocycles. The van der Waals surface area contributed by atoms with Gasteiger partial charge in [0.2, 0.25) is 5.91 Å². The number of β-amino-alcohol motifs (C(OH)–C–C–N with tert-alkyl or cyclic N) is 1. The Labute approximate surface area is 146 Å². The SMILES string of the molecule is Cl.O=C(NCC1(N2CCCCC2)CCCCC1)C1CC(O)CN1. The lowest BCUT2D eigenvalue weighted by molar-refractivity contribution is -0.124.